The molecule has 3 N–H and O–H groups in total. The molecule has 0 radical (unpaired) electrons. The molecule has 1 aliphatic rings. The molecular formula is C15H25N3O2S. The van der Waals surface area contributed by atoms with Crippen LogP contribution in [0.2, 0.25) is 0 Å². The number of rotatable bonds is 4. The first kappa shape index (κ1) is 16.1. The van der Waals surface area contributed by atoms with E-state index < -0.39 is 10.0 Å². The monoisotopic (exact) mass is 311 g/mol. The quantitative estimate of drug-likeness (QED) is 0.837. The number of hydrogen-bond acceptors (Lipinski definition) is 4. The summed E-state index contributed by atoms with van der Waals surface area (Å²) in [5, 5.41) is 0. The largest absolute Gasteiger partial charge is 0.397 e. The van der Waals surface area contributed by atoms with Crippen molar-refractivity contribution in [2.75, 3.05) is 24.2 Å². The number of nitrogens with one attached hydrogen (secondary N) is 1. The first-order valence-electron chi connectivity index (χ1n) is 7.59. The second-order valence-corrected chi connectivity index (χ2v) is 7.42. The highest BCUT2D eigenvalue weighted by Crippen LogP contribution is 2.32. The van der Waals surface area contributed by atoms with E-state index in [0.29, 0.717) is 11.7 Å². The van der Waals surface area contributed by atoms with Gasteiger partial charge in [0.2, 0.25) is 10.0 Å². The van der Waals surface area contributed by atoms with Crippen molar-refractivity contribution in [1.82, 2.24) is 4.72 Å². The third-order valence-corrected chi connectivity index (χ3v) is 5.65. The first-order chi connectivity index (χ1) is 9.99. The number of anilines is 2. The summed E-state index contributed by atoms with van der Waals surface area (Å²) in [6, 6.07) is 5.39. The smallest absolute Gasteiger partial charge is 0.240 e. The van der Waals surface area contributed by atoms with Crippen LogP contribution in [0.3, 0.4) is 0 Å². The summed E-state index contributed by atoms with van der Waals surface area (Å²) in [6.07, 6.45) is 5.76. The maximum atomic E-state index is 12.0. The van der Waals surface area contributed by atoms with Crippen LogP contribution in [-0.2, 0) is 10.0 Å². The Hall–Kier alpha value is -1.27. The molecule has 0 saturated carbocycles. The third kappa shape index (κ3) is 3.49. The van der Waals surface area contributed by atoms with Gasteiger partial charge in [0.05, 0.1) is 16.3 Å². The SMILES string of the molecule is CCC1CCCCCN1c1cc(S(=O)(=O)NC)ccc1N. The lowest BCUT2D eigenvalue weighted by Gasteiger charge is -2.32. The minimum absolute atomic E-state index is 0.272. The number of hydrogen-bond donors (Lipinski definition) is 2. The molecule has 1 unspecified atom stereocenters. The zero-order valence-electron chi connectivity index (χ0n) is 12.8. The van der Waals surface area contributed by atoms with Crippen molar-refractivity contribution >= 4 is 21.4 Å². The summed E-state index contributed by atoms with van der Waals surface area (Å²) in [5.41, 5.74) is 7.61. The number of nitrogens with zero attached hydrogens (tertiary/aromatic N) is 1. The highest BCUT2D eigenvalue weighted by Gasteiger charge is 2.23. The fraction of sp³-hybridized carbons (Fsp3) is 0.600. The van der Waals surface area contributed by atoms with E-state index in [1.807, 2.05) is 0 Å². The lowest BCUT2D eigenvalue weighted by atomic mass is 10.1. The summed E-state index contributed by atoms with van der Waals surface area (Å²) in [7, 11) is -2.02. The Morgan fingerprint density at radius 1 is 1.33 bits per heavy atom. The molecule has 1 atom stereocenters. The van der Waals surface area contributed by atoms with Crippen molar-refractivity contribution in [1.29, 1.82) is 0 Å². The van der Waals surface area contributed by atoms with Crippen LogP contribution < -0.4 is 15.4 Å². The van der Waals surface area contributed by atoms with Crippen LogP contribution >= 0.6 is 0 Å². The lowest BCUT2D eigenvalue weighted by Crippen LogP contribution is -2.35. The summed E-state index contributed by atoms with van der Waals surface area (Å²) in [5.74, 6) is 0. The average molecular weight is 311 g/mol. The summed E-state index contributed by atoms with van der Waals surface area (Å²) in [6.45, 7) is 3.11. The van der Waals surface area contributed by atoms with Gasteiger partial charge in [-0.3, -0.25) is 0 Å². The molecule has 1 saturated heterocycles. The molecule has 1 aromatic rings. The van der Waals surface area contributed by atoms with E-state index in [1.165, 1.54) is 19.9 Å². The van der Waals surface area contributed by atoms with E-state index >= 15 is 0 Å². The summed E-state index contributed by atoms with van der Waals surface area (Å²) < 4.78 is 26.3. The number of sulfonamides is 1. The van der Waals surface area contributed by atoms with E-state index in [9.17, 15) is 8.42 Å². The van der Waals surface area contributed by atoms with Crippen molar-refractivity contribution in [3.8, 4) is 0 Å². The van der Waals surface area contributed by atoms with Crippen molar-refractivity contribution in [3.63, 3.8) is 0 Å². The minimum Gasteiger partial charge on any atom is -0.397 e. The second-order valence-electron chi connectivity index (χ2n) is 5.53. The van der Waals surface area contributed by atoms with Gasteiger partial charge in [0.1, 0.15) is 0 Å². The molecule has 1 heterocycles. The Morgan fingerprint density at radius 2 is 2.10 bits per heavy atom. The van der Waals surface area contributed by atoms with E-state index in [2.05, 4.69) is 16.5 Å². The topological polar surface area (TPSA) is 75.4 Å². The van der Waals surface area contributed by atoms with E-state index in [1.54, 1.807) is 18.2 Å². The van der Waals surface area contributed by atoms with Crippen molar-refractivity contribution < 1.29 is 8.42 Å². The Kier molecular flexibility index (Phi) is 5.11. The minimum atomic E-state index is -3.44. The Balaban J connectivity index is 2.43. The van der Waals surface area contributed by atoms with Gasteiger partial charge in [-0.2, -0.15) is 0 Å². The Bertz CT molecular complexity index is 587. The van der Waals surface area contributed by atoms with E-state index in [4.69, 9.17) is 5.73 Å². The predicted molar refractivity (Wildman–Crippen MR) is 87.0 cm³/mol. The van der Waals surface area contributed by atoms with Crippen molar-refractivity contribution in [2.24, 2.45) is 0 Å². The lowest BCUT2D eigenvalue weighted by molar-refractivity contribution is 0.556. The second kappa shape index (κ2) is 6.66. The van der Waals surface area contributed by atoms with E-state index in [0.717, 1.165) is 31.5 Å². The Labute approximate surface area is 127 Å². The van der Waals surface area contributed by atoms with Crippen LogP contribution in [0.25, 0.3) is 0 Å². The highest BCUT2D eigenvalue weighted by molar-refractivity contribution is 7.89. The fourth-order valence-corrected chi connectivity index (χ4v) is 3.73. The molecule has 1 aromatic carbocycles. The van der Waals surface area contributed by atoms with Gasteiger partial charge >= 0.3 is 0 Å². The standard InChI is InChI=1S/C15H25N3O2S/c1-3-12-7-5-4-6-10-18(12)15-11-13(8-9-14(15)16)21(19,20)17-2/h8-9,11-12,17H,3-7,10,16H2,1-2H3. The molecule has 0 bridgehead atoms. The van der Waals surface area contributed by atoms with Gasteiger partial charge in [-0.1, -0.05) is 19.8 Å². The zero-order chi connectivity index (χ0) is 15.5. The van der Waals surface area contributed by atoms with Gasteiger partial charge < -0.3 is 10.6 Å². The Morgan fingerprint density at radius 3 is 2.76 bits per heavy atom. The molecule has 0 amide bonds. The van der Waals surface area contributed by atoms with Gasteiger partial charge in [0, 0.05) is 12.6 Å². The number of nitrogens with two attached hydrogens (primary N) is 1. The molecule has 21 heavy (non-hydrogen) atoms. The van der Waals surface area contributed by atoms with Crippen LogP contribution in [0.5, 0.6) is 0 Å². The maximum Gasteiger partial charge on any atom is 0.240 e. The van der Waals surface area contributed by atoms with Gasteiger partial charge in [0.15, 0.2) is 0 Å². The highest BCUT2D eigenvalue weighted by atomic mass is 32.2. The van der Waals surface area contributed by atoms with Crippen LogP contribution in [0.4, 0.5) is 11.4 Å². The molecule has 118 valence electrons. The van der Waals surface area contributed by atoms with Crippen LogP contribution in [0, 0.1) is 0 Å². The molecule has 1 fully saturated rings. The van der Waals surface area contributed by atoms with Crippen molar-refractivity contribution in [2.45, 2.75) is 50.0 Å². The molecule has 5 nitrogen and oxygen atoms in total. The third-order valence-electron chi connectivity index (χ3n) is 4.24. The van der Waals surface area contributed by atoms with Crippen molar-refractivity contribution in [3.05, 3.63) is 18.2 Å². The molecule has 6 heteroatoms. The zero-order valence-corrected chi connectivity index (χ0v) is 13.6. The normalized spacial score (nSPS) is 20.3. The molecule has 0 aromatic heterocycles. The van der Waals surface area contributed by atoms with Gasteiger partial charge in [0.25, 0.3) is 0 Å². The maximum absolute atomic E-state index is 12.0. The van der Waals surface area contributed by atoms with Gasteiger partial charge in [-0.15, -0.1) is 0 Å². The fourth-order valence-electron chi connectivity index (χ4n) is 2.98. The van der Waals surface area contributed by atoms with Gasteiger partial charge in [-0.25, -0.2) is 13.1 Å². The number of nitrogen functional groups attached to an aromatic ring is 1. The molecule has 0 aliphatic carbocycles. The molecular weight excluding hydrogens is 286 g/mol. The van der Waals surface area contributed by atoms with Crippen LogP contribution in [0.1, 0.15) is 39.0 Å². The first-order valence-corrected chi connectivity index (χ1v) is 9.07. The summed E-state index contributed by atoms with van der Waals surface area (Å²) in [4.78, 5) is 2.56. The average Bonchev–Trinajstić information content (AvgIpc) is 2.72. The molecule has 1 aliphatic heterocycles. The van der Waals surface area contributed by atoms with Crippen LogP contribution in [-0.4, -0.2) is 28.1 Å². The van der Waals surface area contributed by atoms with E-state index in [-0.39, 0.29) is 4.90 Å². The summed E-state index contributed by atoms with van der Waals surface area (Å²) >= 11 is 0. The number of benzene rings is 1. The molecule has 0 spiro atoms. The predicted octanol–water partition coefficient (Wildman–Crippen LogP) is 2.34. The molecule has 2 rings (SSSR count). The van der Waals surface area contributed by atoms with Crippen LogP contribution in [0.15, 0.2) is 23.1 Å². The van der Waals surface area contributed by atoms with Gasteiger partial charge in [-0.05, 0) is 44.5 Å².